The van der Waals surface area contributed by atoms with Crippen LogP contribution in [0.15, 0.2) is 0 Å². The highest BCUT2D eigenvalue weighted by molar-refractivity contribution is 5.83. The second-order valence-electron chi connectivity index (χ2n) is 8.27. The average Bonchev–Trinajstić information content (AvgIpc) is 2.85. The first-order chi connectivity index (χ1) is 9.77. The van der Waals surface area contributed by atoms with Gasteiger partial charge in [0.25, 0.3) is 0 Å². The Morgan fingerprint density at radius 1 is 1.05 bits per heavy atom. The molecule has 2 heterocycles. The van der Waals surface area contributed by atoms with Crippen molar-refractivity contribution in [3.8, 4) is 0 Å². The van der Waals surface area contributed by atoms with Gasteiger partial charge in [-0.2, -0.15) is 0 Å². The van der Waals surface area contributed by atoms with Crippen molar-refractivity contribution in [2.75, 3.05) is 26.2 Å². The zero-order valence-electron chi connectivity index (χ0n) is 12.3. The molecule has 5 aliphatic rings. The summed E-state index contributed by atoms with van der Waals surface area (Å²) in [6, 6.07) is 0. The Labute approximate surface area is 121 Å². The van der Waals surface area contributed by atoms with Crippen molar-refractivity contribution < 1.29 is 4.79 Å². The van der Waals surface area contributed by atoms with Crippen LogP contribution in [0.25, 0.3) is 0 Å². The van der Waals surface area contributed by atoms with Gasteiger partial charge in [0, 0.05) is 25.6 Å². The minimum absolute atomic E-state index is 0.456. The molecule has 1 amide bonds. The number of hydrogen-bond donors (Lipinski definition) is 1. The normalized spacial score (nSPS) is 47.8. The van der Waals surface area contributed by atoms with Gasteiger partial charge in [0.15, 0.2) is 0 Å². The highest BCUT2D eigenvalue weighted by Crippen LogP contribution is 2.69. The van der Waals surface area contributed by atoms with Crippen molar-refractivity contribution in [1.82, 2.24) is 10.2 Å². The summed E-state index contributed by atoms with van der Waals surface area (Å²) in [5.74, 6) is 4.47. The van der Waals surface area contributed by atoms with E-state index in [1.807, 2.05) is 0 Å². The monoisotopic (exact) mass is 274 g/mol. The highest BCUT2D eigenvalue weighted by atomic mass is 16.2. The lowest BCUT2D eigenvalue weighted by molar-refractivity contribution is -0.135. The molecule has 3 aliphatic carbocycles. The summed E-state index contributed by atoms with van der Waals surface area (Å²) < 4.78 is 0. The van der Waals surface area contributed by atoms with E-state index < -0.39 is 0 Å². The molecule has 1 spiro atoms. The van der Waals surface area contributed by atoms with Gasteiger partial charge in [0.05, 0.1) is 0 Å². The first-order valence-electron chi connectivity index (χ1n) is 8.77. The maximum absolute atomic E-state index is 12.8. The number of likely N-dealkylation sites (tertiary alicyclic amines) is 1. The second kappa shape index (κ2) is 4.00. The highest BCUT2D eigenvalue weighted by Gasteiger charge is 2.68. The van der Waals surface area contributed by atoms with Gasteiger partial charge < -0.3 is 10.2 Å². The molecule has 110 valence electrons. The predicted octanol–water partition coefficient (Wildman–Crippen LogP) is 1.88. The molecule has 2 saturated heterocycles. The molecule has 2 aliphatic heterocycles. The van der Waals surface area contributed by atoms with Gasteiger partial charge in [-0.1, -0.05) is 0 Å². The summed E-state index contributed by atoms with van der Waals surface area (Å²) in [5, 5.41) is 3.51. The smallest absolute Gasteiger partial charge is 0.226 e. The summed E-state index contributed by atoms with van der Waals surface area (Å²) in [6.07, 6.45) is 8.10. The Bertz CT molecular complexity index is 416. The number of carbonyl (C=O) groups is 1. The van der Waals surface area contributed by atoms with Crippen LogP contribution in [0.2, 0.25) is 0 Å². The van der Waals surface area contributed by atoms with Gasteiger partial charge in [-0.05, 0) is 74.2 Å². The van der Waals surface area contributed by atoms with Crippen LogP contribution in [0, 0.1) is 35.0 Å². The van der Waals surface area contributed by atoms with E-state index in [0.717, 1.165) is 36.8 Å². The van der Waals surface area contributed by atoms with Crippen LogP contribution in [0.3, 0.4) is 0 Å². The number of piperidine rings is 1. The number of rotatable bonds is 1. The van der Waals surface area contributed by atoms with Crippen LogP contribution in [-0.4, -0.2) is 37.0 Å². The maximum atomic E-state index is 12.8. The Kier molecular flexibility index (Phi) is 2.40. The molecule has 2 bridgehead atoms. The molecule has 4 unspecified atom stereocenters. The molecular formula is C17H26N2O. The molecule has 0 radical (unpaired) electrons. The SMILES string of the molecule is O=C(C1C2C3CCC(C3)C12)N1CCC2(CCNC2)CC1. The molecule has 5 fully saturated rings. The van der Waals surface area contributed by atoms with E-state index in [-0.39, 0.29) is 0 Å². The van der Waals surface area contributed by atoms with Gasteiger partial charge in [-0.25, -0.2) is 0 Å². The van der Waals surface area contributed by atoms with Gasteiger partial charge >= 0.3 is 0 Å². The van der Waals surface area contributed by atoms with Crippen molar-refractivity contribution in [2.45, 2.75) is 38.5 Å². The second-order valence-corrected chi connectivity index (χ2v) is 8.27. The number of amides is 1. The molecule has 3 nitrogen and oxygen atoms in total. The first kappa shape index (κ1) is 12.0. The third-order valence-electron chi connectivity index (χ3n) is 7.49. The summed E-state index contributed by atoms with van der Waals surface area (Å²) in [7, 11) is 0. The summed E-state index contributed by atoms with van der Waals surface area (Å²) in [4.78, 5) is 15.0. The van der Waals surface area contributed by atoms with Crippen LogP contribution in [0.5, 0.6) is 0 Å². The number of carbonyl (C=O) groups excluding carboxylic acids is 1. The van der Waals surface area contributed by atoms with Crippen LogP contribution < -0.4 is 5.32 Å². The van der Waals surface area contributed by atoms with Gasteiger partial charge in [0.2, 0.25) is 5.91 Å². The third-order valence-corrected chi connectivity index (χ3v) is 7.49. The summed E-state index contributed by atoms with van der Waals surface area (Å²) in [6.45, 7) is 4.44. The van der Waals surface area contributed by atoms with E-state index in [2.05, 4.69) is 10.2 Å². The lowest BCUT2D eigenvalue weighted by atomic mass is 9.77. The van der Waals surface area contributed by atoms with E-state index in [9.17, 15) is 4.79 Å². The molecule has 3 heteroatoms. The van der Waals surface area contributed by atoms with Crippen molar-refractivity contribution in [2.24, 2.45) is 35.0 Å². The molecule has 1 N–H and O–H groups in total. The number of nitrogens with one attached hydrogen (secondary N) is 1. The molecule has 4 atom stereocenters. The lowest BCUT2D eigenvalue weighted by Gasteiger charge is -2.39. The molecule has 5 rings (SSSR count). The van der Waals surface area contributed by atoms with Crippen LogP contribution >= 0.6 is 0 Å². The van der Waals surface area contributed by atoms with Gasteiger partial charge in [-0.3, -0.25) is 4.79 Å². The van der Waals surface area contributed by atoms with E-state index in [0.29, 0.717) is 17.2 Å². The van der Waals surface area contributed by atoms with Crippen LogP contribution in [0.4, 0.5) is 0 Å². The zero-order valence-corrected chi connectivity index (χ0v) is 12.3. The van der Waals surface area contributed by atoms with Gasteiger partial charge in [-0.15, -0.1) is 0 Å². The standard InChI is InChI=1S/C17H26N2O/c20-16(15-13-11-1-2-12(9-11)14(13)15)19-7-4-17(5-8-19)3-6-18-10-17/h11-15,18H,1-10H2. The Balaban J connectivity index is 1.24. The Morgan fingerprint density at radius 3 is 2.35 bits per heavy atom. The molecular weight excluding hydrogens is 248 g/mol. The lowest BCUT2D eigenvalue weighted by Crippen LogP contribution is -2.45. The molecule has 0 aromatic rings. The Hall–Kier alpha value is -0.570. The van der Waals surface area contributed by atoms with Crippen molar-refractivity contribution in [3.63, 3.8) is 0 Å². The summed E-state index contributed by atoms with van der Waals surface area (Å²) in [5.41, 5.74) is 0.537. The fourth-order valence-corrected chi connectivity index (χ4v) is 6.29. The topological polar surface area (TPSA) is 32.3 Å². The molecule has 20 heavy (non-hydrogen) atoms. The zero-order chi connectivity index (χ0) is 13.3. The van der Waals surface area contributed by atoms with E-state index >= 15 is 0 Å². The van der Waals surface area contributed by atoms with E-state index in [1.54, 1.807) is 0 Å². The molecule has 3 saturated carbocycles. The molecule has 0 aromatic heterocycles. The van der Waals surface area contributed by atoms with Crippen molar-refractivity contribution >= 4 is 5.91 Å². The largest absolute Gasteiger partial charge is 0.342 e. The fraction of sp³-hybridized carbons (Fsp3) is 0.941. The summed E-state index contributed by atoms with van der Waals surface area (Å²) >= 11 is 0. The third kappa shape index (κ3) is 1.53. The minimum Gasteiger partial charge on any atom is -0.342 e. The number of fused-ring (bicyclic) bond motifs is 5. The van der Waals surface area contributed by atoms with E-state index in [1.165, 1.54) is 51.6 Å². The number of hydrogen-bond acceptors (Lipinski definition) is 2. The van der Waals surface area contributed by atoms with Crippen LogP contribution in [-0.2, 0) is 4.79 Å². The fourth-order valence-electron chi connectivity index (χ4n) is 6.29. The quantitative estimate of drug-likeness (QED) is 0.792. The maximum Gasteiger partial charge on any atom is 0.226 e. The van der Waals surface area contributed by atoms with Gasteiger partial charge in [0.1, 0.15) is 0 Å². The first-order valence-corrected chi connectivity index (χ1v) is 8.77. The predicted molar refractivity (Wildman–Crippen MR) is 77.0 cm³/mol. The van der Waals surface area contributed by atoms with Crippen molar-refractivity contribution in [1.29, 1.82) is 0 Å². The average molecular weight is 274 g/mol. The number of nitrogens with zero attached hydrogens (tertiary/aromatic N) is 1. The van der Waals surface area contributed by atoms with E-state index in [4.69, 9.17) is 0 Å². The van der Waals surface area contributed by atoms with Crippen LogP contribution in [0.1, 0.15) is 38.5 Å². The molecule has 0 aromatic carbocycles. The minimum atomic E-state index is 0.456. The van der Waals surface area contributed by atoms with Crippen molar-refractivity contribution in [3.05, 3.63) is 0 Å². The Morgan fingerprint density at radius 2 is 1.75 bits per heavy atom.